The number of benzene rings is 2. The summed E-state index contributed by atoms with van der Waals surface area (Å²) in [6.07, 6.45) is 1.99. The molecule has 2 aromatic carbocycles. The molecule has 0 spiro atoms. The molecule has 0 saturated carbocycles. The van der Waals surface area contributed by atoms with E-state index in [2.05, 4.69) is 10.1 Å². The van der Waals surface area contributed by atoms with Crippen LogP contribution in [0.5, 0.6) is 11.5 Å². The third kappa shape index (κ3) is 6.45. The number of aryl methyl sites for hydroxylation is 1. The van der Waals surface area contributed by atoms with Crippen molar-refractivity contribution in [2.45, 2.75) is 46.6 Å². The van der Waals surface area contributed by atoms with Crippen molar-refractivity contribution in [1.82, 2.24) is 10.1 Å². The summed E-state index contributed by atoms with van der Waals surface area (Å²) in [7, 11) is 0. The summed E-state index contributed by atoms with van der Waals surface area (Å²) >= 11 is 6.33. The highest BCUT2D eigenvalue weighted by Crippen LogP contribution is 2.32. The molecule has 6 nitrogen and oxygen atoms in total. The minimum Gasteiger partial charge on any atom is -0.494 e. The van der Waals surface area contributed by atoms with Gasteiger partial charge in [-0.1, -0.05) is 16.8 Å². The summed E-state index contributed by atoms with van der Waals surface area (Å²) in [6.45, 7) is 10.1. The predicted octanol–water partition coefficient (Wildman–Crippen LogP) is 6.35. The number of nitrogens with zero attached hydrogens (tertiary/aromatic N) is 2. The number of halogens is 1. The van der Waals surface area contributed by atoms with Gasteiger partial charge in [0.05, 0.1) is 17.7 Å². The van der Waals surface area contributed by atoms with Crippen molar-refractivity contribution in [2.75, 3.05) is 19.8 Å². The first-order valence-electron chi connectivity index (χ1n) is 10.6. The van der Waals surface area contributed by atoms with Crippen molar-refractivity contribution < 1.29 is 18.7 Å². The molecule has 0 amide bonds. The molecular weight excluding hydrogens is 416 g/mol. The molecule has 0 saturated heterocycles. The molecule has 0 aliphatic rings. The Morgan fingerprint density at radius 2 is 1.87 bits per heavy atom. The van der Waals surface area contributed by atoms with Gasteiger partial charge in [0.1, 0.15) is 11.5 Å². The van der Waals surface area contributed by atoms with E-state index < -0.39 is 0 Å². The highest BCUT2D eigenvalue weighted by atomic mass is 35.5. The summed E-state index contributed by atoms with van der Waals surface area (Å²) in [4.78, 5) is 4.54. The van der Waals surface area contributed by atoms with Crippen molar-refractivity contribution in [1.29, 1.82) is 0 Å². The van der Waals surface area contributed by atoms with Crippen molar-refractivity contribution in [3.8, 4) is 34.3 Å². The zero-order chi connectivity index (χ0) is 22.2. The Bertz CT molecular complexity index is 987. The van der Waals surface area contributed by atoms with E-state index in [1.54, 1.807) is 6.07 Å². The molecule has 0 aliphatic carbocycles. The molecule has 1 heterocycles. The quantitative estimate of drug-likeness (QED) is 0.321. The second-order valence-corrected chi connectivity index (χ2v) is 7.87. The second-order valence-electron chi connectivity index (χ2n) is 7.46. The van der Waals surface area contributed by atoms with Crippen molar-refractivity contribution in [3.63, 3.8) is 0 Å². The fourth-order valence-corrected chi connectivity index (χ4v) is 3.28. The molecule has 0 bridgehead atoms. The number of rotatable bonds is 11. The van der Waals surface area contributed by atoms with E-state index in [1.165, 1.54) is 0 Å². The third-order valence-corrected chi connectivity index (χ3v) is 4.86. The average molecular weight is 445 g/mol. The monoisotopic (exact) mass is 444 g/mol. The normalized spacial score (nSPS) is 11.2. The molecule has 31 heavy (non-hydrogen) atoms. The molecule has 3 aromatic rings. The van der Waals surface area contributed by atoms with Crippen LogP contribution in [0.3, 0.4) is 0 Å². The van der Waals surface area contributed by atoms with Crippen molar-refractivity contribution in [3.05, 3.63) is 47.0 Å². The second kappa shape index (κ2) is 11.2. The van der Waals surface area contributed by atoms with E-state index in [0.717, 1.165) is 48.5 Å². The van der Waals surface area contributed by atoms with Gasteiger partial charge >= 0.3 is 0 Å². The number of aromatic nitrogens is 2. The Labute approximate surface area is 188 Å². The molecule has 0 N–H and O–H groups in total. The SMILES string of the molecule is CCOCCCCOc1ccc(-c2noc(-c3ccc(OC(C)C)c(Cl)c3)n2)c(C)c1. The van der Waals surface area contributed by atoms with Crippen LogP contribution < -0.4 is 9.47 Å². The fraction of sp³-hybridized carbons (Fsp3) is 0.417. The first-order chi connectivity index (χ1) is 15.0. The molecule has 0 aliphatic heterocycles. The summed E-state index contributed by atoms with van der Waals surface area (Å²) in [6, 6.07) is 11.3. The fourth-order valence-electron chi connectivity index (χ4n) is 3.05. The van der Waals surface area contributed by atoms with Crippen molar-refractivity contribution >= 4 is 11.6 Å². The lowest BCUT2D eigenvalue weighted by Crippen LogP contribution is -2.05. The first kappa shape index (κ1) is 23.1. The van der Waals surface area contributed by atoms with E-state index in [0.29, 0.717) is 29.1 Å². The lowest BCUT2D eigenvalue weighted by Gasteiger charge is -2.11. The summed E-state index contributed by atoms with van der Waals surface area (Å²) in [5.74, 6) is 2.38. The van der Waals surface area contributed by atoms with Crippen LogP contribution in [-0.4, -0.2) is 36.1 Å². The Hall–Kier alpha value is -2.57. The number of ether oxygens (including phenoxy) is 3. The van der Waals surface area contributed by atoms with Gasteiger partial charge < -0.3 is 18.7 Å². The van der Waals surface area contributed by atoms with Crippen LogP contribution in [0.25, 0.3) is 22.8 Å². The smallest absolute Gasteiger partial charge is 0.258 e. The lowest BCUT2D eigenvalue weighted by molar-refractivity contribution is 0.138. The summed E-state index contributed by atoms with van der Waals surface area (Å²) in [5, 5.41) is 4.65. The van der Waals surface area contributed by atoms with E-state index >= 15 is 0 Å². The van der Waals surface area contributed by atoms with Crippen LogP contribution in [0.1, 0.15) is 39.2 Å². The van der Waals surface area contributed by atoms with E-state index in [4.69, 9.17) is 30.3 Å². The predicted molar refractivity (Wildman–Crippen MR) is 122 cm³/mol. The molecule has 1 aromatic heterocycles. The van der Waals surface area contributed by atoms with Gasteiger partial charge in [-0.2, -0.15) is 4.98 Å². The number of hydrogen-bond donors (Lipinski definition) is 0. The molecule has 0 radical (unpaired) electrons. The van der Waals surface area contributed by atoms with Gasteiger partial charge in [0.2, 0.25) is 5.82 Å². The van der Waals surface area contributed by atoms with Gasteiger partial charge in [-0.15, -0.1) is 0 Å². The van der Waals surface area contributed by atoms with E-state index in [9.17, 15) is 0 Å². The maximum Gasteiger partial charge on any atom is 0.258 e. The molecule has 3 rings (SSSR count). The van der Waals surface area contributed by atoms with Gasteiger partial charge in [-0.3, -0.25) is 0 Å². The van der Waals surface area contributed by atoms with Gasteiger partial charge in [0, 0.05) is 24.3 Å². The van der Waals surface area contributed by atoms with Crippen LogP contribution in [0.4, 0.5) is 0 Å². The van der Waals surface area contributed by atoms with Crippen molar-refractivity contribution in [2.24, 2.45) is 0 Å². The zero-order valence-corrected chi connectivity index (χ0v) is 19.2. The summed E-state index contributed by atoms with van der Waals surface area (Å²) in [5.41, 5.74) is 2.65. The van der Waals surface area contributed by atoms with Gasteiger partial charge in [-0.25, -0.2) is 0 Å². The molecule has 166 valence electrons. The number of hydrogen-bond acceptors (Lipinski definition) is 6. The minimum absolute atomic E-state index is 0.0448. The Morgan fingerprint density at radius 1 is 1.06 bits per heavy atom. The van der Waals surface area contributed by atoms with Crippen LogP contribution in [-0.2, 0) is 4.74 Å². The van der Waals surface area contributed by atoms with Gasteiger partial charge in [0.25, 0.3) is 5.89 Å². The average Bonchev–Trinajstić information content (AvgIpc) is 3.22. The van der Waals surface area contributed by atoms with Gasteiger partial charge in [0.15, 0.2) is 0 Å². The third-order valence-electron chi connectivity index (χ3n) is 4.56. The molecule has 0 fully saturated rings. The lowest BCUT2D eigenvalue weighted by atomic mass is 10.1. The Morgan fingerprint density at radius 3 is 2.58 bits per heavy atom. The topological polar surface area (TPSA) is 66.6 Å². The van der Waals surface area contributed by atoms with Crippen LogP contribution in [0.15, 0.2) is 40.9 Å². The van der Waals surface area contributed by atoms with Crippen LogP contribution in [0.2, 0.25) is 5.02 Å². The molecular formula is C24H29ClN2O4. The van der Waals surface area contributed by atoms with Crippen LogP contribution in [0, 0.1) is 6.92 Å². The van der Waals surface area contributed by atoms with Gasteiger partial charge in [-0.05, 0) is 82.5 Å². The van der Waals surface area contributed by atoms with E-state index in [-0.39, 0.29) is 6.10 Å². The maximum absolute atomic E-state index is 6.33. The number of unbranched alkanes of at least 4 members (excludes halogenated alkanes) is 1. The highest BCUT2D eigenvalue weighted by Gasteiger charge is 2.15. The Kier molecular flexibility index (Phi) is 8.32. The summed E-state index contributed by atoms with van der Waals surface area (Å²) < 4.78 is 22.3. The zero-order valence-electron chi connectivity index (χ0n) is 18.5. The maximum atomic E-state index is 6.33. The Balaban J connectivity index is 1.66. The first-order valence-corrected chi connectivity index (χ1v) is 11.0. The van der Waals surface area contributed by atoms with Crippen LogP contribution >= 0.6 is 11.6 Å². The minimum atomic E-state index is 0.0448. The standard InChI is InChI=1S/C24H29ClN2O4/c1-5-28-12-6-7-13-29-19-9-10-20(17(4)14-19)23-26-24(31-27-23)18-8-11-22(21(25)15-18)30-16(2)3/h8-11,14-16H,5-7,12-13H2,1-4H3. The molecule has 0 unspecified atom stereocenters. The molecule has 7 heteroatoms. The molecule has 0 atom stereocenters. The largest absolute Gasteiger partial charge is 0.494 e. The highest BCUT2D eigenvalue weighted by molar-refractivity contribution is 6.32. The van der Waals surface area contributed by atoms with E-state index in [1.807, 2.05) is 58.0 Å².